The van der Waals surface area contributed by atoms with E-state index in [4.69, 9.17) is 14.6 Å². The topological polar surface area (TPSA) is 195 Å². The van der Waals surface area contributed by atoms with Gasteiger partial charge >= 0.3 is 5.97 Å². The van der Waals surface area contributed by atoms with Crippen molar-refractivity contribution in [3.8, 4) is 5.75 Å². The van der Waals surface area contributed by atoms with Crippen LogP contribution in [0.15, 0.2) is 33.9 Å². The molecule has 7 N–H and O–H groups in total. The third kappa shape index (κ3) is 4.27. The average molecular weight is 424 g/mol. The van der Waals surface area contributed by atoms with Crippen LogP contribution in [0.2, 0.25) is 0 Å². The largest absolute Gasteiger partial charge is 0.480 e. The second-order valence-corrected chi connectivity index (χ2v) is 6.62. The Morgan fingerprint density at radius 2 is 1.63 bits per heavy atom. The highest BCUT2D eigenvalue weighted by atomic mass is 16.7. The zero-order valence-electron chi connectivity index (χ0n) is 15.4. The molecule has 0 aliphatic carbocycles. The lowest BCUT2D eigenvalue weighted by atomic mass is 9.99. The number of rotatable bonds is 8. The average Bonchev–Trinajstić information content (AvgIpc) is 2.74. The number of nitrogens with one attached hydrogen (secondary N) is 2. The van der Waals surface area contributed by atoms with Crippen LogP contribution in [0, 0.1) is 0 Å². The van der Waals surface area contributed by atoms with E-state index < -0.39 is 60.7 Å². The molecule has 12 nitrogen and oxygen atoms in total. The Balaban J connectivity index is 1.66. The van der Waals surface area contributed by atoms with Crippen LogP contribution < -0.4 is 26.2 Å². The van der Waals surface area contributed by atoms with E-state index in [1.807, 2.05) is 0 Å². The third-order valence-electron chi connectivity index (χ3n) is 4.55. The number of carbonyl (C=O) groups is 1. The van der Waals surface area contributed by atoms with Crippen molar-refractivity contribution in [2.24, 2.45) is 0 Å². The molecule has 0 amide bonds. The van der Waals surface area contributed by atoms with Gasteiger partial charge in [-0.15, -0.1) is 0 Å². The standard InChI is InChI=1S/C18H20N2O10/c21-6-9-13(24)16(27)17(28)18(30-9)29-8-3-1-7(2-4-8)20-12-11(14(25)15(12)26)19-5-10(22)23/h1-4,9,13,16-21,24,27-28H,5-6H2,(H,22,23)/t9?,13?,16-,17+,18?/m0/s1. The minimum Gasteiger partial charge on any atom is -0.480 e. The number of carboxylic acid groups (broad SMARTS) is 1. The number of benzene rings is 1. The lowest BCUT2D eigenvalue weighted by Gasteiger charge is -2.39. The van der Waals surface area contributed by atoms with E-state index in [0.717, 1.165) is 0 Å². The second-order valence-electron chi connectivity index (χ2n) is 6.62. The Kier molecular flexibility index (Phi) is 6.34. The van der Waals surface area contributed by atoms with Crippen LogP contribution in [0.25, 0.3) is 0 Å². The maximum atomic E-state index is 11.7. The van der Waals surface area contributed by atoms with Gasteiger partial charge in [0.05, 0.1) is 6.61 Å². The summed E-state index contributed by atoms with van der Waals surface area (Å²) in [5, 5.41) is 52.5. The number of carboxylic acids is 1. The van der Waals surface area contributed by atoms with Crippen molar-refractivity contribution >= 4 is 23.0 Å². The van der Waals surface area contributed by atoms with E-state index in [0.29, 0.717) is 5.69 Å². The fraction of sp³-hybridized carbons (Fsp3) is 0.389. The smallest absolute Gasteiger partial charge is 0.322 e. The minimum atomic E-state index is -1.58. The molecule has 3 rings (SSSR count). The van der Waals surface area contributed by atoms with Gasteiger partial charge in [-0.3, -0.25) is 14.4 Å². The van der Waals surface area contributed by atoms with Crippen molar-refractivity contribution in [3.63, 3.8) is 0 Å². The summed E-state index contributed by atoms with van der Waals surface area (Å²) in [5.74, 6) is -0.984. The van der Waals surface area contributed by atoms with Gasteiger partial charge in [-0.05, 0) is 24.3 Å². The summed E-state index contributed by atoms with van der Waals surface area (Å²) in [4.78, 5) is 33.9. The molecule has 0 saturated carbocycles. The fourth-order valence-electron chi connectivity index (χ4n) is 2.90. The molecule has 1 fully saturated rings. The summed E-state index contributed by atoms with van der Waals surface area (Å²) in [6.07, 6.45) is -7.10. The Hall–Kier alpha value is -3.03. The maximum Gasteiger partial charge on any atom is 0.322 e. The molecule has 0 bridgehead atoms. The highest BCUT2D eigenvalue weighted by molar-refractivity contribution is 5.82. The molecule has 0 aromatic heterocycles. The number of ether oxygens (including phenoxy) is 2. The summed E-state index contributed by atoms with van der Waals surface area (Å²) >= 11 is 0. The molecule has 1 aliphatic rings. The lowest BCUT2D eigenvalue weighted by molar-refractivity contribution is -0.277. The van der Waals surface area contributed by atoms with Gasteiger partial charge in [-0.1, -0.05) is 0 Å². The fourth-order valence-corrected chi connectivity index (χ4v) is 2.90. The quantitative estimate of drug-likeness (QED) is 0.224. The first-order chi connectivity index (χ1) is 14.2. The molecule has 1 saturated heterocycles. The van der Waals surface area contributed by atoms with E-state index in [1.54, 1.807) is 0 Å². The van der Waals surface area contributed by atoms with Gasteiger partial charge < -0.3 is 45.6 Å². The van der Waals surface area contributed by atoms with E-state index in [1.165, 1.54) is 24.3 Å². The predicted octanol–water partition coefficient (Wildman–Crippen LogP) is -2.30. The molecular formula is C18H20N2O10. The molecule has 1 heterocycles. The normalized spacial score (nSPS) is 26.3. The molecule has 1 aliphatic heterocycles. The first-order valence-electron chi connectivity index (χ1n) is 8.86. The number of aliphatic hydroxyl groups excluding tert-OH is 4. The van der Waals surface area contributed by atoms with Gasteiger partial charge in [-0.2, -0.15) is 0 Å². The number of aliphatic carboxylic acids is 1. The summed E-state index contributed by atoms with van der Waals surface area (Å²) in [6, 6.07) is 5.85. The predicted molar refractivity (Wildman–Crippen MR) is 102 cm³/mol. The van der Waals surface area contributed by atoms with Crippen LogP contribution in [-0.2, 0) is 9.53 Å². The Morgan fingerprint density at radius 1 is 1.00 bits per heavy atom. The Morgan fingerprint density at radius 3 is 2.23 bits per heavy atom. The number of hydrogen-bond donors (Lipinski definition) is 7. The molecule has 30 heavy (non-hydrogen) atoms. The van der Waals surface area contributed by atoms with Gasteiger partial charge in [0.2, 0.25) is 6.29 Å². The van der Waals surface area contributed by atoms with Gasteiger partial charge in [0.1, 0.15) is 48.1 Å². The zero-order chi connectivity index (χ0) is 22.0. The Labute approximate surface area is 168 Å². The van der Waals surface area contributed by atoms with Gasteiger partial charge in [-0.25, -0.2) is 0 Å². The molecule has 2 aromatic carbocycles. The van der Waals surface area contributed by atoms with Gasteiger partial charge in [0, 0.05) is 5.69 Å². The molecule has 0 radical (unpaired) electrons. The summed E-state index contributed by atoms with van der Waals surface area (Å²) in [5.41, 5.74) is -1.40. The van der Waals surface area contributed by atoms with E-state index in [-0.39, 0.29) is 17.1 Å². The highest BCUT2D eigenvalue weighted by Crippen LogP contribution is 2.26. The van der Waals surface area contributed by atoms with Crippen molar-refractivity contribution in [1.29, 1.82) is 0 Å². The minimum absolute atomic E-state index is 0.0659. The van der Waals surface area contributed by atoms with Gasteiger partial charge in [0.25, 0.3) is 10.9 Å². The summed E-state index contributed by atoms with van der Waals surface area (Å²) in [7, 11) is 0. The van der Waals surface area contributed by atoms with Crippen LogP contribution in [-0.4, -0.2) is 75.4 Å². The first kappa shape index (κ1) is 21.7. The maximum absolute atomic E-state index is 11.7. The van der Waals surface area contributed by atoms with Crippen molar-refractivity contribution in [2.45, 2.75) is 30.7 Å². The van der Waals surface area contributed by atoms with E-state index in [2.05, 4.69) is 10.6 Å². The van der Waals surface area contributed by atoms with Crippen molar-refractivity contribution in [1.82, 2.24) is 0 Å². The molecule has 3 unspecified atom stereocenters. The molecule has 2 aromatic rings. The second kappa shape index (κ2) is 8.77. The van der Waals surface area contributed by atoms with Gasteiger partial charge in [0.15, 0.2) is 0 Å². The van der Waals surface area contributed by atoms with Crippen LogP contribution in [0.3, 0.4) is 0 Å². The highest BCUT2D eigenvalue weighted by Gasteiger charge is 2.44. The molecular weight excluding hydrogens is 404 g/mol. The van der Waals surface area contributed by atoms with Crippen LogP contribution in [0.5, 0.6) is 5.75 Å². The van der Waals surface area contributed by atoms with E-state index in [9.17, 15) is 34.8 Å². The molecule has 12 heteroatoms. The van der Waals surface area contributed by atoms with Crippen molar-refractivity contribution in [3.05, 3.63) is 44.7 Å². The van der Waals surface area contributed by atoms with E-state index >= 15 is 0 Å². The number of hydrogen-bond acceptors (Lipinski definition) is 11. The van der Waals surface area contributed by atoms with Crippen LogP contribution >= 0.6 is 0 Å². The van der Waals surface area contributed by atoms with Crippen LogP contribution in [0.1, 0.15) is 0 Å². The van der Waals surface area contributed by atoms with Crippen molar-refractivity contribution in [2.75, 3.05) is 23.8 Å². The zero-order valence-corrected chi connectivity index (χ0v) is 15.4. The first-order valence-corrected chi connectivity index (χ1v) is 8.86. The summed E-state index contributed by atoms with van der Waals surface area (Å²) < 4.78 is 10.7. The third-order valence-corrected chi connectivity index (χ3v) is 4.55. The van der Waals surface area contributed by atoms with Crippen LogP contribution in [0.4, 0.5) is 17.1 Å². The molecule has 0 spiro atoms. The molecule has 5 atom stereocenters. The molecule has 162 valence electrons. The number of aliphatic hydroxyl groups is 4. The summed E-state index contributed by atoms with van der Waals surface area (Å²) in [6.45, 7) is -1.11. The SMILES string of the molecule is O=C(O)CNc1c(Nc2ccc(OC3OC(CO)C(O)[C@H](O)[C@H]3O)cc2)c(=O)c1=O. The monoisotopic (exact) mass is 424 g/mol. The van der Waals surface area contributed by atoms with Crippen molar-refractivity contribution < 1.29 is 39.8 Å². The Bertz CT molecular complexity index is 966. The lowest BCUT2D eigenvalue weighted by Crippen LogP contribution is -2.60. The number of anilines is 3.